The average molecular weight is 270 g/mol. The molecule has 0 fully saturated rings. The van der Waals surface area contributed by atoms with Crippen molar-refractivity contribution < 1.29 is 9.13 Å². The smallest absolute Gasteiger partial charge is 0.165 e. The summed E-state index contributed by atoms with van der Waals surface area (Å²) in [6.45, 7) is 3.67. The van der Waals surface area contributed by atoms with Crippen LogP contribution in [0.3, 0.4) is 0 Å². The molecule has 3 nitrogen and oxygen atoms in total. The summed E-state index contributed by atoms with van der Waals surface area (Å²) in [6, 6.07) is 11.8. The number of benzene rings is 2. The van der Waals surface area contributed by atoms with Gasteiger partial charge in [-0.15, -0.1) is 0 Å². The van der Waals surface area contributed by atoms with E-state index < -0.39 is 5.82 Å². The Morgan fingerprint density at radius 2 is 1.80 bits per heavy atom. The molecular weight excluding hydrogens is 255 g/mol. The van der Waals surface area contributed by atoms with E-state index >= 15 is 0 Å². The second-order valence-electron chi connectivity index (χ2n) is 4.73. The Bertz CT molecular complexity index is 675. The molecule has 2 N–H and O–H groups in total. The summed E-state index contributed by atoms with van der Waals surface area (Å²) in [5, 5.41) is 8.99. The van der Waals surface area contributed by atoms with Crippen LogP contribution >= 0.6 is 0 Å². The third-order valence-electron chi connectivity index (χ3n) is 2.80. The molecular formula is C16H15FN2O. The minimum absolute atomic E-state index is 0.110. The summed E-state index contributed by atoms with van der Waals surface area (Å²) < 4.78 is 19.1. The van der Waals surface area contributed by atoms with E-state index in [1.54, 1.807) is 30.3 Å². The quantitative estimate of drug-likeness (QED) is 0.864. The van der Waals surface area contributed by atoms with Crippen LogP contribution in [0.5, 0.6) is 5.75 Å². The van der Waals surface area contributed by atoms with Gasteiger partial charge in [-0.3, -0.25) is 0 Å². The lowest BCUT2D eigenvalue weighted by Gasteiger charge is -2.12. The van der Waals surface area contributed by atoms with Gasteiger partial charge < -0.3 is 10.5 Å². The van der Waals surface area contributed by atoms with E-state index in [9.17, 15) is 4.39 Å². The number of ether oxygens (including phenoxy) is 1. The summed E-state index contributed by atoms with van der Waals surface area (Å²) >= 11 is 0. The number of hydrogen-bond donors (Lipinski definition) is 1. The molecule has 0 heterocycles. The van der Waals surface area contributed by atoms with Crippen LogP contribution < -0.4 is 10.5 Å². The third kappa shape index (κ3) is 2.89. The zero-order valence-corrected chi connectivity index (χ0v) is 11.4. The van der Waals surface area contributed by atoms with E-state index in [2.05, 4.69) is 0 Å². The van der Waals surface area contributed by atoms with Crippen LogP contribution in [0.2, 0.25) is 0 Å². The molecule has 2 aromatic rings. The first-order valence-corrected chi connectivity index (χ1v) is 6.27. The Labute approximate surface area is 117 Å². The minimum Gasteiger partial charge on any atom is -0.488 e. The van der Waals surface area contributed by atoms with Crippen molar-refractivity contribution in [2.75, 3.05) is 5.73 Å². The van der Waals surface area contributed by atoms with Gasteiger partial charge in [-0.05, 0) is 49.2 Å². The molecule has 4 heteroatoms. The molecule has 0 aliphatic carbocycles. The van der Waals surface area contributed by atoms with Gasteiger partial charge in [-0.1, -0.05) is 12.1 Å². The Hall–Kier alpha value is -2.54. The molecule has 0 saturated heterocycles. The van der Waals surface area contributed by atoms with E-state index in [1.165, 1.54) is 6.07 Å². The van der Waals surface area contributed by atoms with Crippen molar-refractivity contribution in [3.8, 4) is 22.9 Å². The fourth-order valence-electron chi connectivity index (χ4n) is 1.86. The fraction of sp³-hybridized carbons (Fsp3) is 0.188. The molecule has 20 heavy (non-hydrogen) atoms. The summed E-state index contributed by atoms with van der Waals surface area (Å²) in [5.41, 5.74) is 8.09. The predicted molar refractivity (Wildman–Crippen MR) is 76.7 cm³/mol. The highest BCUT2D eigenvalue weighted by atomic mass is 19.1. The van der Waals surface area contributed by atoms with Gasteiger partial charge >= 0.3 is 0 Å². The van der Waals surface area contributed by atoms with E-state index in [-0.39, 0.29) is 11.9 Å². The van der Waals surface area contributed by atoms with Gasteiger partial charge in [0.15, 0.2) is 11.6 Å². The molecule has 0 aromatic heterocycles. The van der Waals surface area contributed by atoms with Crippen LogP contribution in [-0.2, 0) is 0 Å². The molecule has 2 aromatic carbocycles. The maximum atomic E-state index is 13.7. The molecule has 102 valence electrons. The van der Waals surface area contributed by atoms with E-state index in [4.69, 9.17) is 15.7 Å². The predicted octanol–water partition coefficient (Wildman–Crippen LogP) is 3.73. The minimum atomic E-state index is -0.404. The molecule has 2 rings (SSSR count). The van der Waals surface area contributed by atoms with E-state index in [1.807, 2.05) is 19.9 Å². The Morgan fingerprint density at radius 1 is 1.15 bits per heavy atom. The summed E-state index contributed by atoms with van der Waals surface area (Å²) in [4.78, 5) is 0. The fourth-order valence-corrected chi connectivity index (χ4v) is 1.86. The van der Waals surface area contributed by atoms with Gasteiger partial charge in [0, 0.05) is 5.69 Å². The van der Waals surface area contributed by atoms with Crippen molar-refractivity contribution in [3.05, 3.63) is 47.8 Å². The SMILES string of the molecule is CC(C)Oc1cc(-c2ccc(N)c(C#N)c2)ccc1F. The van der Waals surface area contributed by atoms with Gasteiger partial charge in [-0.25, -0.2) is 4.39 Å². The second kappa shape index (κ2) is 5.62. The van der Waals surface area contributed by atoms with E-state index in [0.29, 0.717) is 11.3 Å². The van der Waals surface area contributed by atoms with Crippen molar-refractivity contribution in [1.29, 1.82) is 5.26 Å². The first kappa shape index (κ1) is 13.9. The van der Waals surface area contributed by atoms with Crippen LogP contribution in [0.1, 0.15) is 19.4 Å². The number of nitrogen functional groups attached to an aromatic ring is 1. The van der Waals surface area contributed by atoms with Crippen LogP contribution in [-0.4, -0.2) is 6.10 Å². The number of hydrogen-bond acceptors (Lipinski definition) is 3. The first-order chi connectivity index (χ1) is 9.51. The Morgan fingerprint density at radius 3 is 2.45 bits per heavy atom. The first-order valence-electron chi connectivity index (χ1n) is 6.27. The molecule has 0 aliphatic heterocycles. The van der Waals surface area contributed by atoms with Crippen molar-refractivity contribution in [3.63, 3.8) is 0 Å². The standard InChI is InChI=1S/C16H15FN2O/c1-10(2)20-16-8-12(3-5-14(16)17)11-4-6-15(19)13(7-11)9-18/h3-8,10H,19H2,1-2H3. The van der Waals surface area contributed by atoms with Crippen LogP contribution in [0, 0.1) is 17.1 Å². The highest BCUT2D eigenvalue weighted by Gasteiger charge is 2.09. The second-order valence-corrected chi connectivity index (χ2v) is 4.73. The lowest BCUT2D eigenvalue weighted by atomic mass is 10.0. The van der Waals surface area contributed by atoms with Gasteiger partial charge in [0.2, 0.25) is 0 Å². The number of anilines is 1. The largest absolute Gasteiger partial charge is 0.488 e. The monoisotopic (exact) mass is 270 g/mol. The number of rotatable bonds is 3. The zero-order chi connectivity index (χ0) is 14.7. The molecule has 0 spiro atoms. The molecule has 0 unspecified atom stereocenters. The summed E-state index contributed by atoms with van der Waals surface area (Å²) in [7, 11) is 0. The number of halogens is 1. The van der Waals surface area contributed by atoms with Crippen molar-refractivity contribution in [2.24, 2.45) is 0 Å². The summed E-state index contributed by atoms with van der Waals surface area (Å²) in [6.07, 6.45) is -0.110. The van der Waals surface area contributed by atoms with Gasteiger partial charge in [0.25, 0.3) is 0 Å². The maximum absolute atomic E-state index is 13.7. The van der Waals surface area contributed by atoms with Crippen molar-refractivity contribution >= 4 is 5.69 Å². The molecule has 0 amide bonds. The molecule has 0 atom stereocenters. The third-order valence-corrected chi connectivity index (χ3v) is 2.80. The number of nitriles is 1. The molecule has 0 bridgehead atoms. The lowest BCUT2D eigenvalue weighted by molar-refractivity contribution is 0.231. The zero-order valence-electron chi connectivity index (χ0n) is 11.4. The lowest BCUT2D eigenvalue weighted by Crippen LogP contribution is -2.07. The highest BCUT2D eigenvalue weighted by molar-refractivity contribution is 5.70. The summed E-state index contributed by atoms with van der Waals surface area (Å²) in [5.74, 6) is -0.203. The Kier molecular flexibility index (Phi) is 3.90. The maximum Gasteiger partial charge on any atom is 0.165 e. The molecule has 0 aliphatic rings. The van der Waals surface area contributed by atoms with Crippen molar-refractivity contribution in [2.45, 2.75) is 20.0 Å². The van der Waals surface area contributed by atoms with Crippen LogP contribution in [0.4, 0.5) is 10.1 Å². The van der Waals surface area contributed by atoms with Crippen LogP contribution in [0.15, 0.2) is 36.4 Å². The van der Waals surface area contributed by atoms with E-state index in [0.717, 1.165) is 11.1 Å². The van der Waals surface area contributed by atoms with Gasteiger partial charge in [-0.2, -0.15) is 5.26 Å². The van der Waals surface area contributed by atoms with Crippen LogP contribution in [0.25, 0.3) is 11.1 Å². The molecule has 0 saturated carbocycles. The average Bonchev–Trinajstić information content (AvgIpc) is 2.41. The number of nitrogens with two attached hydrogens (primary N) is 1. The van der Waals surface area contributed by atoms with Gasteiger partial charge in [0.05, 0.1) is 11.7 Å². The Balaban J connectivity index is 2.45. The topological polar surface area (TPSA) is 59.0 Å². The highest BCUT2D eigenvalue weighted by Crippen LogP contribution is 2.29. The molecule has 0 radical (unpaired) electrons. The number of nitrogens with zero attached hydrogens (tertiary/aromatic N) is 1. The van der Waals surface area contributed by atoms with Crippen molar-refractivity contribution in [1.82, 2.24) is 0 Å². The normalized spacial score (nSPS) is 10.3. The van der Waals surface area contributed by atoms with Gasteiger partial charge in [0.1, 0.15) is 6.07 Å².